The molecule has 2 aromatic carbocycles. The van der Waals surface area contributed by atoms with Crippen molar-refractivity contribution < 1.29 is 14.0 Å². The van der Waals surface area contributed by atoms with Gasteiger partial charge in [-0.25, -0.2) is 0 Å². The fourth-order valence-corrected chi connectivity index (χ4v) is 4.85. The van der Waals surface area contributed by atoms with Crippen molar-refractivity contribution in [2.45, 2.75) is 39.1 Å². The number of nitriles is 1. The molecule has 0 aliphatic rings. The first-order chi connectivity index (χ1) is 12.6. The highest BCUT2D eigenvalue weighted by molar-refractivity contribution is 6.69. The molecule has 0 saturated heterocycles. The second kappa shape index (κ2) is 7.67. The number of hydrogen-bond acceptors (Lipinski definition) is 4. The predicted molar refractivity (Wildman–Crippen MR) is 109 cm³/mol. The number of rotatable bonds is 6. The molecule has 0 N–H and O–H groups in total. The van der Waals surface area contributed by atoms with Crippen LogP contribution in [0.25, 0.3) is 0 Å². The highest BCUT2D eigenvalue weighted by Gasteiger charge is 2.55. The summed E-state index contributed by atoms with van der Waals surface area (Å²) in [7, 11) is -0.725. The summed E-state index contributed by atoms with van der Waals surface area (Å²) >= 11 is 0. The minimum atomic E-state index is -2.12. The maximum absolute atomic E-state index is 12.9. The first-order valence-corrected chi connectivity index (χ1v) is 12.3. The number of carbonyl (C=O) groups is 1. The molecule has 0 amide bonds. The summed E-state index contributed by atoms with van der Waals surface area (Å²) in [5, 5.41) is 9.17. The molecule has 0 saturated carbocycles. The molecule has 2 aromatic rings. The van der Waals surface area contributed by atoms with Gasteiger partial charge in [-0.15, -0.1) is 0 Å². The van der Waals surface area contributed by atoms with E-state index in [1.807, 2.05) is 56.3 Å². The van der Waals surface area contributed by atoms with Crippen molar-refractivity contribution in [1.82, 2.24) is 0 Å². The van der Waals surface area contributed by atoms with Crippen molar-refractivity contribution >= 4 is 14.3 Å². The van der Waals surface area contributed by atoms with E-state index in [1.54, 1.807) is 12.1 Å². The van der Waals surface area contributed by atoms with Crippen LogP contribution in [0.3, 0.4) is 0 Å². The molecule has 0 fully saturated rings. The zero-order valence-electron chi connectivity index (χ0n) is 16.9. The molecule has 0 radical (unpaired) electrons. The normalized spacial score (nSPS) is 14.1. The molecule has 0 bridgehead atoms. The van der Waals surface area contributed by atoms with Gasteiger partial charge in [0, 0.05) is 0 Å². The molecule has 1 unspecified atom stereocenters. The summed E-state index contributed by atoms with van der Waals surface area (Å²) in [4.78, 5) is 12.9. The number of nitrogens with zero attached hydrogens (tertiary/aromatic N) is 1. The van der Waals surface area contributed by atoms with Crippen molar-refractivity contribution in [2.24, 2.45) is 5.41 Å². The van der Waals surface area contributed by atoms with Crippen LogP contribution in [0.1, 0.15) is 30.5 Å². The van der Waals surface area contributed by atoms with Crippen LogP contribution in [-0.4, -0.2) is 21.4 Å². The van der Waals surface area contributed by atoms with Gasteiger partial charge in [0.25, 0.3) is 0 Å². The summed E-state index contributed by atoms with van der Waals surface area (Å²) in [6.07, 6.45) is 0. The summed E-state index contributed by atoms with van der Waals surface area (Å²) in [5.41, 5.74) is 0.222. The van der Waals surface area contributed by atoms with Gasteiger partial charge in [-0.1, -0.05) is 42.5 Å². The summed E-state index contributed by atoms with van der Waals surface area (Å²) in [5.74, 6) is -0.353. The van der Waals surface area contributed by atoms with Crippen molar-refractivity contribution in [1.29, 1.82) is 5.26 Å². The van der Waals surface area contributed by atoms with E-state index in [9.17, 15) is 10.1 Å². The largest absolute Gasteiger partial charge is 0.469 e. The van der Waals surface area contributed by atoms with Crippen LogP contribution < -0.4 is 0 Å². The van der Waals surface area contributed by atoms with Crippen molar-refractivity contribution in [3.8, 4) is 6.07 Å². The standard InChI is InChI=1S/C22H27NO3Si/c1-21(2,20(24)25-3)22(26-27(4,5)6,18-10-8-7-9-11-18)19-14-12-17(16-23)13-15-19/h7-15H,1-6H3. The van der Waals surface area contributed by atoms with Gasteiger partial charge in [0.2, 0.25) is 0 Å². The number of methoxy groups -OCH3 is 1. The number of benzene rings is 2. The van der Waals surface area contributed by atoms with Gasteiger partial charge < -0.3 is 9.16 Å². The summed E-state index contributed by atoms with van der Waals surface area (Å²) < 4.78 is 12.0. The predicted octanol–water partition coefficient (Wildman–Crippen LogP) is 4.85. The molecule has 0 aliphatic heterocycles. The first kappa shape index (κ1) is 20.9. The van der Waals surface area contributed by atoms with Gasteiger partial charge in [0.05, 0.1) is 24.2 Å². The van der Waals surface area contributed by atoms with Crippen molar-refractivity contribution in [3.63, 3.8) is 0 Å². The van der Waals surface area contributed by atoms with Gasteiger partial charge in [-0.2, -0.15) is 5.26 Å². The van der Waals surface area contributed by atoms with E-state index in [4.69, 9.17) is 9.16 Å². The third kappa shape index (κ3) is 3.97. The van der Waals surface area contributed by atoms with E-state index in [0.717, 1.165) is 11.1 Å². The Hall–Kier alpha value is -2.42. The smallest absolute Gasteiger partial charge is 0.314 e. The molecule has 0 spiro atoms. The molecule has 27 heavy (non-hydrogen) atoms. The maximum atomic E-state index is 12.9. The van der Waals surface area contributed by atoms with Gasteiger partial charge in [0.1, 0.15) is 5.60 Å². The van der Waals surface area contributed by atoms with E-state index in [0.29, 0.717) is 5.56 Å². The minimum absolute atomic E-state index is 0.353. The highest BCUT2D eigenvalue weighted by atomic mass is 28.4. The number of ether oxygens (including phenoxy) is 1. The Morgan fingerprint density at radius 1 is 0.963 bits per heavy atom. The monoisotopic (exact) mass is 381 g/mol. The van der Waals surface area contributed by atoms with Crippen LogP contribution in [-0.2, 0) is 19.6 Å². The van der Waals surface area contributed by atoms with Crippen molar-refractivity contribution in [3.05, 3.63) is 71.3 Å². The zero-order valence-corrected chi connectivity index (χ0v) is 17.9. The molecule has 0 heterocycles. The molecular weight excluding hydrogens is 354 g/mol. The molecule has 0 aromatic heterocycles. The Kier molecular flexibility index (Phi) is 5.93. The lowest BCUT2D eigenvalue weighted by Gasteiger charge is -2.48. The molecule has 5 heteroatoms. The van der Waals surface area contributed by atoms with Crippen LogP contribution in [0.2, 0.25) is 19.6 Å². The minimum Gasteiger partial charge on any atom is -0.469 e. The summed E-state index contributed by atoms with van der Waals surface area (Å²) in [6, 6.07) is 19.2. The summed E-state index contributed by atoms with van der Waals surface area (Å²) in [6.45, 7) is 10.00. The second-order valence-electron chi connectivity index (χ2n) is 8.07. The van der Waals surface area contributed by atoms with Crippen molar-refractivity contribution in [2.75, 3.05) is 7.11 Å². The maximum Gasteiger partial charge on any atom is 0.314 e. The fraction of sp³-hybridized carbons (Fsp3) is 0.364. The number of esters is 1. The average molecular weight is 382 g/mol. The van der Waals surface area contributed by atoms with Crippen LogP contribution >= 0.6 is 0 Å². The van der Waals surface area contributed by atoms with E-state index >= 15 is 0 Å². The van der Waals surface area contributed by atoms with E-state index in [-0.39, 0.29) is 5.97 Å². The second-order valence-corrected chi connectivity index (χ2v) is 12.5. The fourth-order valence-electron chi connectivity index (χ4n) is 3.44. The highest BCUT2D eigenvalue weighted by Crippen LogP contribution is 2.50. The number of carbonyl (C=O) groups excluding carboxylic acids is 1. The Balaban J connectivity index is 2.88. The van der Waals surface area contributed by atoms with Crippen LogP contribution in [0.15, 0.2) is 54.6 Å². The third-order valence-electron chi connectivity index (χ3n) is 4.64. The Bertz CT molecular complexity index is 833. The first-order valence-electron chi connectivity index (χ1n) is 8.93. The topological polar surface area (TPSA) is 59.3 Å². The van der Waals surface area contributed by atoms with Gasteiger partial charge in [-0.05, 0) is 56.7 Å². The SMILES string of the molecule is COC(=O)C(C)(C)C(O[Si](C)(C)C)(c1ccccc1)c1ccc(C#N)cc1. The number of hydrogen-bond donors (Lipinski definition) is 0. The Morgan fingerprint density at radius 3 is 1.93 bits per heavy atom. The quantitative estimate of drug-likeness (QED) is 0.530. The molecule has 4 nitrogen and oxygen atoms in total. The molecule has 0 aliphatic carbocycles. The third-order valence-corrected chi connectivity index (χ3v) is 5.55. The van der Waals surface area contributed by atoms with Crippen LogP contribution in [0.4, 0.5) is 0 Å². The lowest BCUT2D eigenvalue weighted by Crippen LogP contribution is -2.54. The van der Waals surface area contributed by atoms with E-state index < -0.39 is 19.3 Å². The Morgan fingerprint density at radius 2 is 1.48 bits per heavy atom. The average Bonchev–Trinajstić information content (AvgIpc) is 2.65. The Labute approximate surface area is 162 Å². The molecule has 1 atom stereocenters. The van der Waals surface area contributed by atoms with Gasteiger partial charge >= 0.3 is 5.97 Å². The lowest BCUT2D eigenvalue weighted by atomic mass is 9.67. The van der Waals surface area contributed by atoms with Gasteiger partial charge in [-0.3, -0.25) is 4.79 Å². The van der Waals surface area contributed by atoms with E-state index in [2.05, 4.69) is 25.7 Å². The molecular formula is C22H27NO3Si. The van der Waals surface area contributed by atoms with Crippen LogP contribution in [0.5, 0.6) is 0 Å². The van der Waals surface area contributed by atoms with Gasteiger partial charge in [0.15, 0.2) is 8.32 Å². The molecule has 2 rings (SSSR count). The zero-order chi connectivity index (χ0) is 20.3. The molecule has 142 valence electrons. The van der Waals surface area contributed by atoms with E-state index in [1.165, 1.54) is 7.11 Å². The van der Waals surface area contributed by atoms with Crippen LogP contribution in [0, 0.1) is 16.7 Å². The lowest BCUT2D eigenvalue weighted by molar-refractivity contribution is -0.163.